The number of hydrogen-bond donors (Lipinski definition) is 1. The fourth-order valence-electron chi connectivity index (χ4n) is 3.91. The highest BCUT2D eigenvalue weighted by Gasteiger charge is 2.41. The van der Waals surface area contributed by atoms with Crippen molar-refractivity contribution in [3.05, 3.63) is 35.6 Å². The number of benzene rings is 1. The van der Waals surface area contributed by atoms with Crippen LogP contribution < -0.4 is 5.32 Å². The molecule has 5 nitrogen and oxygen atoms in total. The first kappa shape index (κ1) is 21.1. The van der Waals surface area contributed by atoms with Crippen LogP contribution in [-0.4, -0.2) is 59.6 Å². The second-order valence-corrected chi connectivity index (χ2v) is 8.61. The molecule has 2 heterocycles. The van der Waals surface area contributed by atoms with Gasteiger partial charge in [-0.3, -0.25) is 9.59 Å². The molecule has 2 unspecified atom stereocenters. The van der Waals surface area contributed by atoms with Gasteiger partial charge in [-0.15, -0.1) is 11.8 Å². The second kappa shape index (κ2) is 10.3. The zero-order chi connectivity index (χ0) is 19.9. The summed E-state index contributed by atoms with van der Waals surface area (Å²) in [6, 6.07) is 5.83. The lowest BCUT2D eigenvalue weighted by Crippen LogP contribution is -2.49. The van der Waals surface area contributed by atoms with Crippen LogP contribution >= 0.6 is 11.8 Å². The molecular formula is C21H30FN3O2S. The molecule has 2 saturated heterocycles. The lowest BCUT2D eigenvalue weighted by Gasteiger charge is -2.30. The first-order valence-corrected chi connectivity index (χ1v) is 11.3. The van der Waals surface area contributed by atoms with Crippen LogP contribution in [0.15, 0.2) is 24.3 Å². The number of likely N-dealkylation sites (tertiary alicyclic amines) is 1. The fourth-order valence-corrected chi connectivity index (χ4v) is 5.35. The summed E-state index contributed by atoms with van der Waals surface area (Å²) in [7, 11) is 0. The Balaban J connectivity index is 1.64. The molecule has 1 N–H and O–H groups in total. The summed E-state index contributed by atoms with van der Waals surface area (Å²) < 4.78 is 13.7. The van der Waals surface area contributed by atoms with E-state index < -0.39 is 6.04 Å². The Hall–Kier alpha value is -1.60. The number of amides is 2. The number of rotatable bonds is 7. The van der Waals surface area contributed by atoms with Gasteiger partial charge in [-0.25, -0.2) is 4.39 Å². The van der Waals surface area contributed by atoms with Gasteiger partial charge in [0.1, 0.15) is 17.2 Å². The standard InChI is InChI=1S/C21H30FN3O2S/c1-2-7-19(26)25-18(15-28-21(25)16-8-6-9-17(22)14-16)20(27)23-10-13-24-11-4-3-5-12-24/h6,8-9,14,18,21H,2-5,7,10-13,15H2,1H3,(H,23,27). The van der Waals surface area contributed by atoms with Crippen LogP contribution in [0.2, 0.25) is 0 Å². The molecule has 0 saturated carbocycles. The summed E-state index contributed by atoms with van der Waals surface area (Å²) in [5.74, 6) is 0.0628. The number of hydrogen-bond acceptors (Lipinski definition) is 4. The Morgan fingerprint density at radius 2 is 2.04 bits per heavy atom. The second-order valence-electron chi connectivity index (χ2n) is 7.50. The maximum Gasteiger partial charge on any atom is 0.243 e. The number of thioether (sulfide) groups is 1. The molecule has 1 aromatic rings. The first-order valence-electron chi connectivity index (χ1n) is 10.3. The molecule has 0 aliphatic carbocycles. The zero-order valence-electron chi connectivity index (χ0n) is 16.5. The molecule has 0 radical (unpaired) electrons. The van der Waals surface area contributed by atoms with Crippen LogP contribution in [0.1, 0.15) is 50.0 Å². The highest BCUT2D eigenvalue weighted by atomic mass is 32.2. The smallest absolute Gasteiger partial charge is 0.243 e. The summed E-state index contributed by atoms with van der Waals surface area (Å²) in [5, 5.41) is 2.71. The number of carbonyl (C=O) groups excluding carboxylic acids is 2. The molecule has 154 valence electrons. The van der Waals surface area contributed by atoms with E-state index in [2.05, 4.69) is 10.2 Å². The molecule has 2 atom stereocenters. The van der Waals surface area contributed by atoms with Crippen molar-refractivity contribution in [1.82, 2.24) is 15.1 Å². The van der Waals surface area contributed by atoms with Crippen molar-refractivity contribution in [2.75, 3.05) is 31.9 Å². The van der Waals surface area contributed by atoms with E-state index in [0.717, 1.165) is 31.6 Å². The monoisotopic (exact) mass is 407 g/mol. The Kier molecular flexibility index (Phi) is 7.73. The molecule has 1 aromatic carbocycles. The van der Waals surface area contributed by atoms with Gasteiger partial charge in [0, 0.05) is 25.3 Å². The minimum absolute atomic E-state index is 0.0436. The van der Waals surface area contributed by atoms with Gasteiger partial charge in [-0.05, 0) is 50.0 Å². The maximum absolute atomic E-state index is 13.7. The van der Waals surface area contributed by atoms with E-state index in [1.54, 1.807) is 11.0 Å². The first-order chi connectivity index (χ1) is 13.6. The average molecular weight is 408 g/mol. The molecule has 7 heteroatoms. The van der Waals surface area contributed by atoms with Gasteiger partial charge in [-0.2, -0.15) is 0 Å². The van der Waals surface area contributed by atoms with Gasteiger partial charge in [-0.1, -0.05) is 25.5 Å². The maximum atomic E-state index is 13.7. The van der Waals surface area contributed by atoms with Crippen molar-refractivity contribution in [2.24, 2.45) is 0 Å². The largest absolute Gasteiger partial charge is 0.353 e. The van der Waals surface area contributed by atoms with Crippen LogP contribution in [0.25, 0.3) is 0 Å². The van der Waals surface area contributed by atoms with Gasteiger partial charge in [0.15, 0.2) is 0 Å². The topological polar surface area (TPSA) is 52.7 Å². The quantitative estimate of drug-likeness (QED) is 0.754. The van der Waals surface area contributed by atoms with Crippen molar-refractivity contribution in [3.8, 4) is 0 Å². The van der Waals surface area contributed by atoms with E-state index in [1.807, 2.05) is 13.0 Å². The number of piperidine rings is 1. The van der Waals surface area contributed by atoms with Gasteiger partial charge in [0.2, 0.25) is 11.8 Å². The van der Waals surface area contributed by atoms with Gasteiger partial charge in [0.05, 0.1) is 0 Å². The third-order valence-electron chi connectivity index (χ3n) is 5.36. The van der Waals surface area contributed by atoms with Crippen LogP contribution in [0.5, 0.6) is 0 Å². The molecule has 2 amide bonds. The van der Waals surface area contributed by atoms with Crippen LogP contribution in [0.4, 0.5) is 4.39 Å². The summed E-state index contributed by atoms with van der Waals surface area (Å²) in [5.41, 5.74) is 0.734. The number of halogens is 1. The van der Waals surface area contributed by atoms with E-state index in [1.165, 1.54) is 43.2 Å². The van der Waals surface area contributed by atoms with Crippen molar-refractivity contribution in [3.63, 3.8) is 0 Å². The summed E-state index contributed by atoms with van der Waals surface area (Å²) >= 11 is 1.53. The predicted octanol–water partition coefficient (Wildman–Crippen LogP) is 3.17. The summed E-state index contributed by atoms with van der Waals surface area (Å²) in [6.07, 6.45) is 4.85. The minimum Gasteiger partial charge on any atom is -0.353 e. The van der Waals surface area contributed by atoms with Crippen molar-refractivity contribution < 1.29 is 14.0 Å². The Morgan fingerprint density at radius 3 is 2.75 bits per heavy atom. The lowest BCUT2D eigenvalue weighted by atomic mass is 10.1. The van der Waals surface area contributed by atoms with E-state index in [4.69, 9.17) is 0 Å². The molecule has 2 aliphatic rings. The van der Waals surface area contributed by atoms with Crippen LogP contribution in [0, 0.1) is 5.82 Å². The van der Waals surface area contributed by atoms with E-state index >= 15 is 0 Å². The van der Waals surface area contributed by atoms with E-state index in [9.17, 15) is 14.0 Å². The molecule has 0 bridgehead atoms. The van der Waals surface area contributed by atoms with Gasteiger partial charge in [0.25, 0.3) is 0 Å². The molecule has 0 aromatic heterocycles. The highest BCUT2D eigenvalue weighted by Crippen LogP contribution is 2.42. The SMILES string of the molecule is CCCC(=O)N1C(C(=O)NCCN2CCCCC2)CSC1c1cccc(F)c1. The van der Waals surface area contributed by atoms with E-state index in [0.29, 0.717) is 18.7 Å². The number of carbonyl (C=O) groups is 2. The predicted molar refractivity (Wildman–Crippen MR) is 110 cm³/mol. The molecule has 2 fully saturated rings. The van der Waals surface area contributed by atoms with Crippen LogP contribution in [-0.2, 0) is 9.59 Å². The Morgan fingerprint density at radius 1 is 1.25 bits per heavy atom. The third kappa shape index (κ3) is 5.26. The molecule has 2 aliphatic heterocycles. The van der Waals surface area contributed by atoms with Crippen molar-refractivity contribution in [1.29, 1.82) is 0 Å². The number of nitrogens with one attached hydrogen (secondary N) is 1. The lowest BCUT2D eigenvalue weighted by molar-refractivity contribution is -0.139. The zero-order valence-corrected chi connectivity index (χ0v) is 17.3. The average Bonchev–Trinajstić information content (AvgIpc) is 3.14. The third-order valence-corrected chi connectivity index (χ3v) is 6.69. The minimum atomic E-state index is -0.501. The summed E-state index contributed by atoms with van der Waals surface area (Å²) in [4.78, 5) is 29.7. The van der Waals surface area contributed by atoms with Crippen LogP contribution in [0.3, 0.4) is 0 Å². The fraction of sp³-hybridized carbons (Fsp3) is 0.619. The molecule has 3 rings (SSSR count). The van der Waals surface area contributed by atoms with Crippen molar-refractivity contribution in [2.45, 2.75) is 50.4 Å². The number of nitrogens with zero attached hydrogens (tertiary/aromatic N) is 2. The molecular weight excluding hydrogens is 377 g/mol. The van der Waals surface area contributed by atoms with Gasteiger partial charge < -0.3 is 15.1 Å². The van der Waals surface area contributed by atoms with E-state index in [-0.39, 0.29) is 23.0 Å². The highest BCUT2D eigenvalue weighted by molar-refractivity contribution is 7.99. The molecule has 0 spiro atoms. The Labute approximate surface area is 171 Å². The normalized spacial score (nSPS) is 23.0. The Bertz CT molecular complexity index is 681. The van der Waals surface area contributed by atoms with Gasteiger partial charge >= 0.3 is 0 Å². The molecule has 28 heavy (non-hydrogen) atoms. The van der Waals surface area contributed by atoms with Crippen molar-refractivity contribution >= 4 is 23.6 Å². The summed E-state index contributed by atoms with van der Waals surface area (Å²) in [6.45, 7) is 5.59.